The van der Waals surface area contributed by atoms with E-state index in [-0.39, 0.29) is 36.1 Å². The van der Waals surface area contributed by atoms with Gasteiger partial charge in [-0.1, -0.05) is 17.7 Å². The second kappa shape index (κ2) is 11.4. The van der Waals surface area contributed by atoms with Crippen LogP contribution in [0.4, 0.5) is 5.13 Å². The minimum atomic E-state index is -0.661. The maximum absolute atomic E-state index is 13.0. The van der Waals surface area contributed by atoms with Gasteiger partial charge in [0.1, 0.15) is 18.9 Å². The van der Waals surface area contributed by atoms with Crippen LogP contribution in [0.1, 0.15) is 39.9 Å². The van der Waals surface area contributed by atoms with Crippen LogP contribution in [0.3, 0.4) is 0 Å². The van der Waals surface area contributed by atoms with Gasteiger partial charge in [0.2, 0.25) is 5.91 Å². The lowest BCUT2D eigenvalue weighted by molar-refractivity contribution is -0.144. The van der Waals surface area contributed by atoms with Crippen LogP contribution in [-0.4, -0.2) is 77.4 Å². The Kier molecular flexibility index (Phi) is 7.66. The Balaban J connectivity index is 1.15. The van der Waals surface area contributed by atoms with Crippen LogP contribution in [0.15, 0.2) is 41.8 Å². The lowest BCUT2D eigenvalue weighted by Crippen LogP contribution is -2.50. The Morgan fingerprint density at radius 3 is 2.52 bits per heavy atom. The fourth-order valence-electron chi connectivity index (χ4n) is 6.55. The van der Waals surface area contributed by atoms with Crippen LogP contribution in [0, 0.1) is 31.6 Å². The Morgan fingerprint density at radius 2 is 1.83 bits per heavy atom. The molecule has 3 aromatic rings. The topological polar surface area (TPSA) is 103 Å². The largest absolute Gasteiger partial charge is 0.488 e. The smallest absolute Gasteiger partial charge is 0.307 e. The van der Waals surface area contributed by atoms with Gasteiger partial charge in [0.15, 0.2) is 5.13 Å². The SMILES string of the molecule is Cc1ccc(OCc2ccc(C(=O)N3CCN(C)C(=O)C3)cc2C)c(-c2csc(N3CC4CC[C@H](C3)[C@@H]4C(=O)O)n2)c1. The Hall–Kier alpha value is -3.92. The van der Waals surface area contributed by atoms with Crippen LogP contribution in [0.25, 0.3) is 11.3 Å². The third kappa shape index (κ3) is 5.47. The molecule has 2 aliphatic heterocycles. The van der Waals surface area contributed by atoms with E-state index in [2.05, 4.69) is 16.3 Å². The van der Waals surface area contributed by atoms with Gasteiger partial charge in [-0.2, -0.15) is 0 Å². The number of piperazine rings is 1. The molecule has 3 fully saturated rings. The number of aliphatic carboxylic acids is 1. The summed E-state index contributed by atoms with van der Waals surface area (Å²) >= 11 is 1.59. The number of benzene rings is 2. The molecule has 3 heterocycles. The number of carbonyl (C=O) groups excluding carboxylic acids is 2. The predicted molar refractivity (Wildman–Crippen MR) is 161 cm³/mol. The van der Waals surface area contributed by atoms with Crippen LogP contribution in [0.2, 0.25) is 0 Å². The highest BCUT2D eigenvalue weighted by atomic mass is 32.1. The number of carboxylic acids is 1. The monoisotopic (exact) mass is 588 g/mol. The number of aryl methyl sites for hydroxylation is 2. The summed E-state index contributed by atoms with van der Waals surface area (Å²) in [4.78, 5) is 47.3. The van der Waals surface area contributed by atoms with Gasteiger partial charge in [-0.15, -0.1) is 11.3 Å². The lowest BCUT2D eigenvalue weighted by Gasteiger charge is -2.35. The molecule has 0 radical (unpaired) electrons. The summed E-state index contributed by atoms with van der Waals surface area (Å²) in [5.41, 5.74) is 5.37. The highest BCUT2D eigenvalue weighted by molar-refractivity contribution is 7.14. The summed E-state index contributed by atoms with van der Waals surface area (Å²) in [5.74, 6) is 0.0220. The lowest BCUT2D eigenvalue weighted by atomic mass is 9.85. The molecule has 2 aromatic carbocycles. The normalized spacial score (nSPS) is 22.0. The van der Waals surface area contributed by atoms with Gasteiger partial charge in [-0.05, 0) is 73.9 Å². The van der Waals surface area contributed by atoms with Crippen molar-refractivity contribution >= 4 is 34.3 Å². The van der Waals surface area contributed by atoms with E-state index in [1.54, 1.807) is 34.3 Å². The second-order valence-electron chi connectivity index (χ2n) is 11.9. The van der Waals surface area contributed by atoms with E-state index in [0.29, 0.717) is 25.3 Å². The average Bonchev–Trinajstić information content (AvgIpc) is 3.56. The minimum absolute atomic E-state index is 0.0488. The molecule has 6 rings (SSSR count). The molecular weight excluding hydrogens is 552 g/mol. The third-order valence-electron chi connectivity index (χ3n) is 9.01. The fraction of sp³-hybridized carbons (Fsp3) is 0.438. The number of nitrogens with zero attached hydrogens (tertiary/aromatic N) is 4. The Bertz CT molecular complexity index is 1520. The van der Waals surface area contributed by atoms with Crippen LogP contribution >= 0.6 is 11.3 Å². The van der Waals surface area contributed by atoms with Gasteiger partial charge in [0.05, 0.1) is 11.6 Å². The first-order valence-corrected chi connectivity index (χ1v) is 15.4. The number of carboxylic acid groups (broad SMARTS) is 1. The van der Waals surface area contributed by atoms with E-state index in [1.807, 2.05) is 38.1 Å². The first-order chi connectivity index (χ1) is 20.2. The standard InChI is InChI=1S/C32H36N4O5S/c1-19-4-9-27(41-17-24-8-5-21(13-20(24)2)30(38)35-11-10-34(3)28(37)16-35)25(12-19)26-18-42-32(33-26)36-14-22-6-7-23(15-36)29(22)31(39)40/h4-5,8-9,12-13,18,22-23,29H,6-7,10-11,14-17H2,1-3H3,(H,39,40)/t22-,23?,29+/m1/s1. The molecule has 1 N–H and O–H groups in total. The highest BCUT2D eigenvalue weighted by Gasteiger charge is 2.46. The zero-order valence-corrected chi connectivity index (χ0v) is 25.0. The zero-order chi connectivity index (χ0) is 29.5. The van der Waals surface area contributed by atoms with Crippen molar-refractivity contribution in [2.45, 2.75) is 33.3 Å². The number of carbonyl (C=O) groups is 3. The molecule has 42 heavy (non-hydrogen) atoms. The van der Waals surface area contributed by atoms with E-state index >= 15 is 0 Å². The molecule has 1 unspecified atom stereocenters. The number of rotatable bonds is 7. The molecule has 0 spiro atoms. The van der Waals surface area contributed by atoms with Crippen LogP contribution in [0.5, 0.6) is 5.75 Å². The molecule has 2 bridgehead atoms. The maximum Gasteiger partial charge on any atom is 0.307 e. The maximum atomic E-state index is 13.0. The molecule has 2 saturated heterocycles. The minimum Gasteiger partial charge on any atom is -0.488 e. The van der Waals surface area contributed by atoms with Crippen molar-refractivity contribution in [3.8, 4) is 17.0 Å². The number of amides is 2. The third-order valence-corrected chi connectivity index (χ3v) is 9.91. The number of ether oxygens (including phenoxy) is 1. The second-order valence-corrected chi connectivity index (χ2v) is 12.7. The number of fused-ring (bicyclic) bond motifs is 2. The molecule has 1 aliphatic carbocycles. The first-order valence-electron chi connectivity index (χ1n) is 14.5. The zero-order valence-electron chi connectivity index (χ0n) is 24.2. The van der Waals surface area contributed by atoms with E-state index in [1.165, 1.54) is 0 Å². The van der Waals surface area contributed by atoms with Crippen molar-refractivity contribution < 1.29 is 24.2 Å². The first kappa shape index (κ1) is 28.2. The number of piperidine rings is 1. The summed E-state index contributed by atoms with van der Waals surface area (Å²) in [7, 11) is 1.76. The van der Waals surface area contributed by atoms with Crippen molar-refractivity contribution in [1.29, 1.82) is 0 Å². The summed E-state index contributed by atoms with van der Waals surface area (Å²) in [6.45, 7) is 7.00. The molecule has 220 valence electrons. The quantitative estimate of drug-likeness (QED) is 0.435. The molecule has 1 aromatic heterocycles. The number of aromatic nitrogens is 1. The molecule has 10 heteroatoms. The number of hydrogen-bond donors (Lipinski definition) is 1. The van der Waals surface area contributed by atoms with Crippen molar-refractivity contribution in [2.24, 2.45) is 17.8 Å². The summed E-state index contributed by atoms with van der Waals surface area (Å²) in [5, 5.41) is 12.6. The molecule has 2 amide bonds. The number of anilines is 1. The predicted octanol–water partition coefficient (Wildman–Crippen LogP) is 4.47. The van der Waals surface area contributed by atoms with E-state index in [0.717, 1.165) is 64.8 Å². The van der Waals surface area contributed by atoms with E-state index < -0.39 is 5.97 Å². The summed E-state index contributed by atoms with van der Waals surface area (Å²) in [6.07, 6.45) is 1.94. The molecule has 1 saturated carbocycles. The Labute approximate surface area is 249 Å². The number of likely N-dealkylation sites (N-methyl/N-ethyl adjacent to an activating group) is 1. The van der Waals surface area contributed by atoms with Gasteiger partial charge < -0.3 is 24.5 Å². The fourth-order valence-corrected chi connectivity index (χ4v) is 7.39. The molecule has 3 atom stereocenters. The van der Waals surface area contributed by atoms with Gasteiger partial charge in [0, 0.05) is 49.7 Å². The molecule has 9 nitrogen and oxygen atoms in total. The van der Waals surface area contributed by atoms with Crippen molar-refractivity contribution in [3.05, 3.63) is 64.0 Å². The van der Waals surface area contributed by atoms with Gasteiger partial charge in [0.25, 0.3) is 5.91 Å². The van der Waals surface area contributed by atoms with Crippen LogP contribution in [-0.2, 0) is 16.2 Å². The van der Waals surface area contributed by atoms with Gasteiger partial charge in [-0.3, -0.25) is 14.4 Å². The van der Waals surface area contributed by atoms with Crippen LogP contribution < -0.4 is 9.64 Å². The van der Waals surface area contributed by atoms with Crippen molar-refractivity contribution in [1.82, 2.24) is 14.8 Å². The number of hydrogen-bond acceptors (Lipinski definition) is 7. The average molecular weight is 589 g/mol. The van der Waals surface area contributed by atoms with Gasteiger partial charge >= 0.3 is 5.97 Å². The van der Waals surface area contributed by atoms with E-state index in [9.17, 15) is 19.5 Å². The van der Waals surface area contributed by atoms with Crippen molar-refractivity contribution in [2.75, 3.05) is 44.7 Å². The molecular formula is C32H36N4O5S. The number of thiazole rings is 1. The summed E-state index contributed by atoms with van der Waals surface area (Å²) in [6, 6.07) is 11.7. The molecule has 3 aliphatic rings. The Morgan fingerprint density at radius 1 is 1.07 bits per heavy atom. The van der Waals surface area contributed by atoms with E-state index in [4.69, 9.17) is 9.72 Å². The summed E-state index contributed by atoms with van der Waals surface area (Å²) < 4.78 is 6.34. The van der Waals surface area contributed by atoms with Gasteiger partial charge in [-0.25, -0.2) is 4.98 Å². The highest BCUT2D eigenvalue weighted by Crippen LogP contribution is 2.44. The van der Waals surface area contributed by atoms with Crippen molar-refractivity contribution in [3.63, 3.8) is 0 Å².